The lowest BCUT2D eigenvalue weighted by Crippen LogP contribution is -2.43. The molecule has 254 valence electrons. The number of rotatable bonds is 10. The van der Waals surface area contributed by atoms with Crippen LogP contribution in [0.1, 0.15) is 52.7 Å². The molecule has 48 heavy (non-hydrogen) atoms. The van der Waals surface area contributed by atoms with E-state index in [-0.39, 0.29) is 56.8 Å². The number of alkyl halides is 3. The molecule has 8 nitrogen and oxygen atoms in total. The molecule has 13 heteroatoms. The van der Waals surface area contributed by atoms with Crippen LogP contribution in [0.2, 0.25) is 5.02 Å². The van der Waals surface area contributed by atoms with Gasteiger partial charge in [0.2, 0.25) is 0 Å². The van der Waals surface area contributed by atoms with Gasteiger partial charge in [-0.05, 0) is 68.6 Å². The highest BCUT2D eigenvalue weighted by molar-refractivity contribution is 7.90. The Morgan fingerprint density at radius 2 is 1.77 bits per heavy atom. The molecule has 2 aliphatic rings. The van der Waals surface area contributed by atoms with Crippen LogP contribution in [0.5, 0.6) is 0 Å². The lowest BCUT2D eigenvalue weighted by molar-refractivity contribution is -0.137. The van der Waals surface area contributed by atoms with Crippen LogP contribution in [0.25, 0.3) is 22.2 Å². The second-order valence-electron chi connectivity index (χ2n) is 12.6. The Balaban J connectivity index is 1.55. The van der Waals surface area contributed by atoms with E-state index in [0.29, 0.717) is 38.0 Å². The summed E-state index contributed by atoms with van der Waals surface area (Å²) in [5.74, 6) is -0.478. The number of aromatic nitrogens is 1. The van der Waals surface area contributed by atoms with E-state index < -0.39 is 33.0 Å². The van der Waals surface area contributed by atoms with Gasteiger partial charge in [-0.25, -0.2) is 13.4 Å². The maximum absolute atomic E-state index is 14.6. The molecule has 0 radical (unpaired) electrons. The Morgan fingerprint density at radius 3 is 2.40 bits per heavy atom. The standard InChI is InChI=1S/C35H36ClF3N4O4S/c1-48(46,47)30-19-26-29(20-28(30)36)41-32(22-6-5-9-24(18-22)35(37,38)39)27(21-43-15-10-25(11-16-43)40-14-17-44)31(26)33(45)42-34(12-13-34)23-7-3-2-4-8-23/h2-9,18-20,25,40,44H,10-17,21H2,1H3,(H,42,45). The van der Waals surface area contributed by atoms with Gasteiger partial charge in [0.15, 0.2) is 9.84 Å². The number of pyridine rings is 1. The number of hydrogen-bond acceptors (Lipinski definition) is 7. The molecular formula is C35H36ClF3N4O4S. The highest BCUT2D eigenvalue weighted by Crippen LogP contribution is 2.46. The molecule has 4 aromatic rings. The second-order valence-corrected chi connectivity index (χ2v) is 15.0. The monoisotopic (exact) mass is 700 g/mol. The van der Waals surface area contributed by atoms with Gasteiger partial charge in [-0.2, -0.15) is 13.2 Å². The van der Waals surface area contributed by atoms with Crippen molar-refractivity contribution in [2.24, 2.45) is 0 Å². The molecule has 1 aliphatic carbocycles. The lowest BCUT2D eigenvalue weighted by atomic mass is 9.93. The summed E-state index contributed by atoms with van der Waals surface area (Å²) in [5, 5.41) is 15.9. The molecular weight excluding hydrogens is 665 g/mol. The van der Waals surface area contributed by atoms with E-state index in [1.807, 2.05) is 30.3 Å². The highest BCUT2D eigenvalue weighted by atomic mass is 35.5. The molecule has 1 saturated heterocycles. The summed E-state index contributed by atoms with van der Waals surface area (Å²) in [4.78, 5) is 21.4. The van der Waals surface area contributed by atoms with Crippen molar-refractivity contribution in [2.75, 3.05) is 32.5 Å². The zero-order valence-corrected chi connectivity index (χ0v) is 27.9. The topological polar surface area (TPSA) is 112 Å². The van der Waals surface area contributed by atoms with Crippen molar-refractivity contribution in [2.45, 2.75) is 54.9 Å². The molecule has 1 aliphatic heterocycles. The third kappa shape index (κ3) is 7.23. The number of aliphatic hydroxyl groups excluding tert-OH is 1. The van der Waals surface area contributed by atoms with Crippen molar-refractivity contribution in [3.05, 3.63) is 94.0 Å². The van der Waals surface area contributed by atoms with Crippen molar-refractivity contribution in [3.8, 4) is 11.3 Å². The largest absolute Gasteiger partial charge is 0.416 e. The zero-order valence-electron chi connectivity index (χ0n) is 26.3. The number of nitrogens with zero attached hydrogens (tertiary/aromatic N) is 2. The predicted molar refractivity (Wildman–Crippen MR) is 179 cm³/mol. The fraction of sp³-hybridized carbons (Fsp3) is 0.371. The van der Waals surface area contributed by atoms with Gasteiger partial charge in [0, 0.05) is 41.9 Å². The minimum absolute atomic E-state index is 0.0196. The van der Waals surface area contributed by atoms with Crippen LogP contribution >= 0.6 is 11.6 Å². The number of benzene rings is 3. The van der Waals surface area contributed by atoms with Crippen molar-refractivity contribution in [3.63, 3.8) is 0 Å². The number of carbonyl (C=O) groups is 1. The van der Waals surface area contributed by atoms with Crippen LogP contribution < -0.4 is 10.6 Å². The third-order valence-electron chi connectivity index (χ3n) is 9.17. The van der Waals surface area contributed by atoms with Crippen LogP contribution in [0.3, 0.4) is 0 Å². The van der Waals surface area contributed by atoms with E-state index in [1.54, 1.807) is 0 Å². The lowest BCUT2D eigenvalue weighted by Gasteiger charge is -2.33. The van der Waals surface area contributed by atoms with Gasteiger partial charge >= 0.3 is 6.18 Å². The van der Waals surface area contributed by atoms with Crippen LogP contribution in [0.4, 0.5) is 13.2 Å². The van der Waals surface area contributed by atoms with E-state index in [2.05, 4.69) is 15.5 Å². The van der Waals surface area contributed by atoms with Crippen LogP contribution in [0.15, 0.2) is 71.6 Å². The Morgan fingerprint density at radius 1 is 1.06 bits per heavy atom. The molecule has 0 bridgehead atoms. The summed E-state index contributed by atoms with van der Waals surface area (Å²) in [6.07, 6.45) is -0.696. The van der Waals surface area contributed by atoms with Gasteiger partial charge in [-0.3, -0.25) is 9.69 Å². The van der Waals surface area contributed by atoms with E-state index in [4.69, 9.17) is 16.6 Å². The minimum Gasteiger partial charge on any atom is -0.395 e. The van der Waals surface area contributed by atoms with Gasteiger partial charge < -0.3 is 15.7 Å². The molecule has 2 fully saturated rings. The molecule has 6 rings (SSSR count). The minimum atomic E-state index is -4.61. The first kappa shape index (κ1) is 34.3. The summed E-state index contributed by atoms with van der Waals surface area (Å²) < 4.78 is 67.3. The third-order valence-corrected chi connectivity index (χ3v) is 10.7. The number of hydrogen-bond donors (Lipinski definition) is 3. The summed E-state index contributed by atoms with van der Waals surface area (Å²) in [5.41, 5.74) is 0.517. The molecule has 1 amide bonds. The maximum Gasteiger partial charge on any atom is 0.416 e. The maximum atomic E-state index is 14.6. The molecule has 3 N–H and O–H groups in total. The SMILES string of the molecule is CS(=O)(=O)c1cc2c(C(=O)NC3(c4ccccc4)CC3)c(CN3CCC(NCCO)CC3)c(-c3cccc(C(F)(F)F)c3)nc2cc1Cl. The number of piperidine rings is 1. The van der Waals surface area contributed by atoms with Crippen molar-refractivity contribution >= 4 is 38.2 Å². The Kier molecular flexibility index (Phi) is 9.58. The number of fused-ring (bicyclic) bond motifs is 1. The summed E-state index contributed by atoms with van der Waals surface area (Å²) in [6.45, 7) is 1.91. The van der Waals surface area contributed by atoms with Crippen LogP contribution in [-0.2, 0) is 28.1 Å². The van der Waals surface area contributed by atoms with Crippen molar-refractivity contribution in [1.29, 1.82) is 0 Å². The van der Waals surface area contributed by atoms with E-state index in [1.165, 1.54) is 24.3 Å². The van der Waals surface area contributed by atoms with Gasteiger partial charge in [0.1, 0.15) is 0 Å². The average Bonchev–Trinajstić information content (AvgIpc) is 3.83. The highest BCUT2D eigenvalue weighted by Gasteiger charge is 2.46. The molecule has 2 heterocycles. The Bertz CT molecular complexity index is 1950. The first-order chi connectivity index (χ1) is 22.8. The van der Waals surface area contributed by atoms with E-state index >= 15 is 0 Å². The first-order valence-electron chi connectivity index (χ1n) is 15.8. The number of nitrogens with one attached hydrogen (secondary N) is 2. The molecule has 1 aromatic heterocycles. The van der Waals surface area contributed by atoms with Crippen LogP contribution in [0, 0.1) is 0 Å². The van der Waals surface area contributed by atoms with Crippen LogP contribution in [-0.4, -0.2) is 67.9 Å². The van der Waals surface area contributed by atoms with E-state index in [0.717, 1.165) is 36.8 Å². The number of halogens is 4. The van der Waals surface area contributed by atoms with Gasteiger partial charge in [0.25, 0.3) is 5.91 Å². The summed E-state index contributed by atoms with van der Waals surface area (Å²) in [7, 11) is -3.82. The van der Waals surface area contributed by atoms with E-state index in [9.17, 15) is 31.5 Å². The number of sulfone groups is 1. The molecule has 3 aromatic carbocycles. The predicted octanol–water partition coefficient (Wildman–Crippen LogP) is 5.94. The number of likely N-dealkylation sites (tertiary alicyclic amines) is 1. The molecule has 0 spiro atoms. The number of carbonyl (C=O) groups excluding carboxylic acids is 1. The second kappa shape index (κ2) is 13.4. The smallest absolute Gasteiger partial charge is 0.395 e. The molecule has 1 saturated carbocycles. The van der Waals surface area contributed by atoms with Gasteiger partial charge in [-0.1, -0.05) is 54.1 Å². The summed E-state index contributed by atoms with van der Waals surface area (Å²) >= 11 is 6.45. The normalized spacial score (nSPS) is 17.0. The quantitative estimate of drug-likeness (QED) is 0.188. The van der Waals surface area contributed by atoms with Crippen molar-refractivity contribution < 1.29 is 31.5 Å². The van der Waals surface area contributed by atoms with Gasteiger partial charge in [-0.15, -0.1) is 0 Å². The van der Waals surface area contributed by atoms with Crippen molar-refractivity contribution in [1.82, 2.24) is 20.5 Å². The Hall–Kier alpha value is -3.55. The number of amides is 1. The number of aliphatic hydroxyl groups is 1. The molecule has 0 unspecified atom stereocenters. The fourth-order valence-corrected chi connectivity index (χ4v) is 7.84. The zero-order chi connectivity index (χ0) is 34.3. The van der Waals surface area contributed by atoms with Gasteiger partial charge in [0.05, 0.1) is 44.4 Å². The Labute approximate surface area is 282 Å². The molecule has 0 atom stereocenters. The first-order valence-corrected chi connectivity index (χ1v) is 18.0. The summed E-state index contributed by atoms with van der Waals surface area (Å²) in [6, 6.07) is 17.3. The average molecular weight is 701 g/mol. The fourth-order valence-electron chi connectivity index (χ4n) is 6.52.